The van der Waals surface area contributed by atoms with E-state index in [-0.39, 0.29) is 35.7 Å². The van der Waals surface area contributed by atoms with Gasteiger partial charge in [0.25, 0.3) is 0 Å². The lowest BCUT2D eigenvalue weighted by Crippen LogP contribution is -2.38. The normalized spacial score (nSPS) is 28.0. The van der Waals surface area contributed by atoms with Gasteiger partial charge in [0.2, 0.25) is 0 Å². The van der Waals surface area contributed by atoms with Gasteiger partial charge in [0.1, 0.15) is 17.6 Å². The summed E-state index contributed by atoms with van der Waals surface area (Å²) in [5.41, 5.74) is 6.90. The Labute approximate surface area is 156 Å². The number of hydrogen-bond donors (Lipinski definition) is 1. The van der Waals surface area contributed by atoms with E-state index in [1.54, 1.807) is 6.92 Å². The smallest absolute Gasteiger partial charge is 0.490 e. The van der Waals surface area contributed by atoms with Crippen molar-refractivity contribution in [3.63, 3.8) is 0 Å². The monoisotopic (exact) mass is 387 g/mol. The van der Waals surface area contributed by atoms with E-state index >= 15 is 0 Å². The van der Waals surface area contributed by atoms with E-state index in [0.29, 0.717) is 24.3 Å². The molecule has 1 fully saturated rings. The third-order valence-corrected chi connectivity index (χ3v) is 5.30. The van der Waals surface area contributed by atoms with Crippen LogP contribution in [-0.4, -0.2) is 25.0 Å². The van der Waals surface area contributed by atoms with E-state index in [1.165, 1.54) is 18.2 Å². The van der Waals surface area contributed by atoms with Crippen LogP contribution in [0.25, 0.3) is 0 Å². The summed E-state index contributed by atoms with van der Waals surface area (Å²) in [5, 5.41) is 0. The first-order chi connectivity index (χ1) is 12.8. The fourth-order valence-electron chi connectivity index (χ4n) is 3.98. The van der Waals surface area contributed by atoms with Crippen LogP contribution in [0.4, 0.5) is 13.2 Å². The Bertz CT molecular complexity index is 671. The highest BCUT2D eigenvalue weighted by Gasteiger charge is 2.37. The standard InChI is InChI=1S/C19H24F3NO4/c1-2-25-18(24)12-5-3-11(4-6-12)16-10-15(23)14-8-7-13(9-17(14)26-16)27-19(20,21)22/h7-9,11-12,15-16H,2-6,10,23H2,1H3/t11?,12?,15-,16-/m0/s1. The molecule has 2 aliphatic rings. The number of halogens is 3. The summed E-state index contributed by atoms with van der Waals surface area (Å²) in [4.78, 5) is 11.9. The van der Waals surface area contributed by atoms with Crippen LogP contribution < -0.4 is 15.2 Å². The second kappa shape index (κ2) is 7.96. The molecular weight excluding hydrogens is 363 g/mol. The first-order valence-corrected chi connectivity index (χ1v) is 9.25. The lowest BCUT2D eigenvalue weighted by molar-refractivity contribution is -0.274. The number of carbonyl (C=O) groups excluding carboxylic acids is 1. The highest BCUT2D eigenvalue weighted by atomic mass is 19.4. The number of benzene rings is 1. The van der Waals surface area contributed by atoms with Crippen LogP contribution in [0.3, 0.4) is 0 Å². The molecule has 5 nitrogen and oxygen atoms in total. The molecule has 0 radical (unpaired) electrons. The Morgan fingerprint density at radius 3 is 2.59 bits per heavy atom. The first kappa shape index (κ1) is 19.8. The van der Waals surface area contributed by atoms with Gasteiger partial charge in [-0.1, -0.05) is 6.07 Å². The second-order valence-electron chi connectivity index (χ2n) is 7.11. The van der Waals surface area contributed by atoms with E-state index in [1.807, 2.05) is 0 Å². The summed E-state index contributed by atoms with van der Waals surface area (Å²) in [7, 11) is 0. The lowest BCUT2D eigenvalue weighted by atomic mass is 9.77. The zero-order valence-corrected chi connectivity index (χ0v) is 15.1. The average Bonchev–Trinajstić information content (AvgIpc) is 2.60. The second-order valence-corrected chi connectivity index (χ2v) is 7.11. The van der Waals surface area contributed by atoms with Crippen molar-refractivity contribution in [3.8, 4) is 11.5 Å². The minimum absolute atomic E-state index is 0.0856. The molecule has 2 N–H and O–H groups in total. The SMILES string of the molecule is CCOC(=O)C1CCC([C@@H]2C[C@H](N)c3ccc(OC(F)(F)F)cc3O2)CC1. The third-order valence-electron chi connectivity index (χ3n) is 5.30. The van der Waals surface area contributed by atoms with Gasteiger partial charge in [0.05, 0.1) is 12.5 Å². The Balaban J connectivity index is 1.65. The van der Waals surface area contributed by atoms with E-state index in [0.717, 1.165) is 25.7 Å². The van der Waals surface area contributed by atoms with Crippen molar-refractivity contribution in [2.24, 2.45) is 17.6 Å². The number of hydrogen-bond acceptors (Lipinski definition) is 5. The van der Waals surface area contributed by atoms with Crippen LogP contribution in [0.1, 0.15) is 50.6 Å². The van der Waals surface area contributed by atoms with Gasteiger partial charge in [0.15, 0.2) is 0 Å². The van der Waals surface area contributed by atoms with Gasteiger partial charge >= 0.3 is 12.3 Å². The fourth-order valence-corrected chi connectivity index (χ4v) is 3.98. The molecule has 0 spiro atoms. The van der Waals surface area contributed by atoms with Gasteiger partial charge in [-0.2, -0.15) is 0 Å². The minimum atomic E-state index is -4.75. The highest BCUT2D eigenvalue weighted by molar-refractivity contribution is 5.72. The molecule has 0 amide bonds. The molecule has 27 heavy (non-hydrogen) atoms. The quantitative estimate of drug-likeness (QED) is 0.788. The largest absolute Gasteiger partial charge is 0.573 e. The number of alkyl halides is 3. The van der Waals surface area contributed by atoms with Gasteiger partial charge < -0.3 is 19.9 Å². The summed E-state index contributed by atoms with van der Waals surface area (Å²) in [6, 6.07) is 3.72. The maximum atomic E-state index is 12.4. The molecule has 1 saturated carbocycles. The summed E-state index contributed by atoms with van der Waals surface area (Å²) < 4.78 is 52.4. The predicted molar refractivity (Wildman–Crippen MR) is 91.2 cm³/mol. The number of esters is 1. The van der Waals surface area contributed by atoms with Crippen LogP contribution in [0, 0.1) is 11.8 Å². The zero-order valence-electron chi connectivity index (χ0n) is 15.1. The lowest BCUT2D eigenvalue weighted by Gasteiger charge is -2.38. The third kappa shape index (κ3) is 4.86. The highest BCUT2D eigenvalue weighted by Crippen LogP contribution is 2.42. The molecule has 8 heteroatoms. The molecule has 1 aromatic carbocycles. The molecular formula is C19H24F3NO4. The number of nitrogens with two attached hydrogens (primary N) is 1. The minimum Gasteiger partial charge on any atom is -0.490 e. The number of rotatable bonds is 4. The molecule has 1 aromatic rings. The van der Waals surface area contributed by atoms with Crippen LogP contribution in [0.15, 0.2) is 18.2 Å². The average molecular weight is 387 g/mol. The van der Waals surface area contributed by atoms with Crippen molar-refractivity contribution >= 4 is 5.97 Å². The van der Waals surface area contributed by atoms with Crippen LogP contribution in [-0.2, 0) is 9.53 Å². The van der Waals surface area contributed by atoms with Crippen LogP contribution in [0.5, 0.6) is 11.5 Å². The molecule has 150 valence electrons. The zero-order chi connectivity index (χ0) is 19.6. The Morgan fingerprint density at radius 2 is 1.96 bits per heavy atom. The van der Waals surface area contributed by atoms with Crippen molar-refractivity contribution < 1.29 is 32.2 Å². The van der Waals surface area contributed by atoms with Gasteiger partial charge in [-0.15, -0.1) is 13.2 Å². The Kier molecular flexibility index (Phi) is 5.83. The van der Waals surface area contributed by atoms with Gasteiger partial charge in [-0.25, -0.2) is 0 Å². The summed E-state index contributed by atoms with van der Waals surface area (Å²) in [6.45, 7) is 2.16. The molecule has 2 atom stereocenters. The van der Waals surface area contributed by atoms with Crippen LogP contribution in [0.2, 0.25) is 0 Å². The molecule has 1 aliphatic heterocycles. The number of carbonyl (C=O) groups is 1. The fraction of sp³-hybridized carbons (Fsp3) is 0.632. The van der Waals surface area contributed by atoms with E-state index in [2.05, 4.69) is 4.74 Å². The van der Waals surface area contributed by atoms with E-state index in [4.69, 9.17) is 15.2 Å². The number of fused-ring (bicyclic) bond motifs is 1. The molecule has 1 aliphatic carbocycles. The first-order valence-electron chi connectivity index (χ1n) is 9.25. The van der Waals surface area contributed by atoms with Crippen molar-refractivity contribution in [1.29, 1.82) is 0 Å². The predicted octanol–water partition coefficient (Wildman–Crippen LogP) is 4.11. The van der Waals surface area contributed by atoms with Gasteiger partial charge in [-0.3, -0.25) is 4.79 Å². The topological polar surface area (TPSA) is 70.8 Å². The van der Waals surface area contributed by atoms with Gasteiger partial charge in [-0.05, 0) is 44.6 Å². The Hall–Kier alpha value is -1.96. The molecule has 0 aromatic heterocycles. The Morgan fingerprint density at radius 1 is 1.26 bits per heavy atom. The van der Waals surface area contributed by atoms with E-state index in [9.17, 15) is 18.0 Å². The summed E-state index contributed by atoms with van der Waals surface area (Å²) >= 11 is 0. The van der Waals surface area contributed by atoms with Crippen molar-refractivity contribution in [2.45, 2.75) is 57.5 Å². The molecule has 0 saturated heterocycles. The van der Waals surface area contributed by atoms with E-state index < -0.39 is 6.36 Å². The van der Waals surface area contributed by atoms with Crippen molar-refractivity contribution in [1.82, 2.24) is 0 Å². The molecule has 0 bridgehead atoms. The molecule has 0 unspecified atom stereocenters. The van der Waals surface area contributed by atoms with Crippen molar-refractivity contribution in [3.05, 3.63) is 23.8 Å². The molecule has 1 heterocycles. The maximum Gasteiger partial charge on any atom is 0.573 e. The summed E-state index contributed by atoms with van der Waals surface area (Å²) in [6.07, 6.45) is -1.29. The number of ether oxygens (including phenoxy) is 3. The van der Waals surface area contributed by atoms with Crippen molar-refractivity contribution in [2.75, 3.05) is 6.61 Å². The van der Waals surface area contributed by atoms with Gasteiger partial charge in [0, 0.05) is 24.1 Å². The maximum absolute atomic E-state index is 12.4. The summed E-state index contributed by atoms with van der Waals surface area (Å²) in [5.74, 6) is -0.00996. The van der Waals surface area contributed by atoms with Crippen LogP contribution >= 0.6 is 0 Å². The molecule has 3 rings (SSSR count).